The van der Waals surface area contributed by atoms with Crippen molar-refractivity contribution in [3.8, 4) is 0 Å². The number of aromatic amines is 1. The lowest BCUT2D eigenvalue weighted by atomic mass is 9.87. The molecule has 1 aliphatic heterocycles. The number of imidazole rings is 1. The average molecular weight is 401 g/mol. The second-order valence-corrected chi connectivity index (χ2v) is 9.47. The Morgan fingerprint density at radius 2 is 2.04 bits per heavy atom. The number of rotatable bonds is 6. The number of nitrogens with zero attached hydrogens (tertiary/aromatic N) is 2. The zero-order valence-corrected chi connectivity index (χ0v) is 16.6. The minimum atomic E-state index is -4.70. The SMILES string of the molecule is Cc1nc(S(=O)(=O)[N+]([O-])(C(=O)C(C)(C)CC(N)=O)C2CCCNCC2)c[nH]1. The van der Waals surface area contributed by atoms with E-state index >= 15 is 0 Å². The first-order chi connectivity index (χ1) is 12.4. The molecule has 0 aliphatic carbocycles. The highest BCUT2D eigenvalue weighted by Gasteiger charge is 2.54. The van der Waals surface area contributed by atoms with Crippen LogP contribution in [0.2, 0.25) is 0 Å². The summed E-state index contributed by atoms with van der Waals surface area (Å²) in [6, 6.07) is -0.998. The van der Waals surface area contributed by atoms with Crippen molar-refractivity contribution in [3.05, 3.63) is 17.2 Å². The third-order valence-corrected chi connectivity index (χ3v) is 6.72. The van der Waals surface area contributed by atoms with E-state index in [1.807, 2.05) is 0 Å². The second kappa shape index (κ2) is 7.66. The quantitative estimate of drug-likeness (QED) is 0.456. The Labute approximate surface area is 158 Å². The zero-order chi connectivity index (χ0) is 20.5. The van der Waals surface area contributed by atoms with Crippen molar-refractivity contribution < 1.29 is 22.1 Å². The van der Waals surface area contributed by atoms with Gasteiger partial charge in [-0.15, -0.1) is 0 Å². The summed E-state index contributed by atoms with van der Waals surface area (Å²) in [5.41, 5.74) is 3.67. The Kier molecular flexibility index (Phi) is 6.10. The number of carbonyl (C=O) groups is 2. The molecule has 2 unspecified atom stereocenters. The van der Waals surface area contributed by atoms with Crippen LogP contribution in [0.4, 0.5) is 0 Å². The van der Waals surface area contributed by atoms with E-state index in [0.29, 0.717) is 25.3 Å². The summed E-state index contributed by atoms with van der Waals surface area (Å²) in [5.74, 6) is -1.57. The minimum absolute atomic E-state index is 0.213. The van der Waals surface area contributed by atoms with Crippen LogP contribution in [-0.2, 0) is 19.6 Å². The Morgan fingerprint density at radius 1 is 1.37 bits per heavy atom. The standard InChI is InChI=1S/C16H27N5O5S/c1-11-19-10-14(20-11)27(25,26)21(24,12-5-4-7-18-8-6-12)15(23)16(2,3)9-13(17)22/h10,12,18H,4-9H2,1-3H3,(H2,17,22)(H,19,20). The Balaban J connectivity index is 2.61. The van der Waals surface area contributed by atoms with E-state index in [4.69, 9.17) is 5.73 Å². The predicted molar refractivity (Wildman–Crippen MR) is 97.2 cm³/mol. The van der Waals surface area contributed by atoms with Crippen LogP contribution in [0.25, 0.3) is 0 Å². The van der Waals surface area contributed by atoms with Crippen LogP contribution in [0.5, 0.6) is 0 Å². The number of primary amides is 1. The first-order valence-corrected chi connectivity index (χ1v) is 10.3. The maximum atomic E-state index is 13.9. The number of amides is 2. The fourth-order valence-electron chi connectivity index (χ4n) is 3.41. The van der Waals surface area contributed by atoms with Crippen LogP contribution >= 0.6 is 0 Å². The summed E-state index contributed by atoms with van der Waals surface area (Å²) in [7, 11) is -4.70. The monoisotopic (exact) mass is 401 g/mol. The number of carbonyl (C=O) groups excluding carboxylic acids is 2. The second-order valence-electron chi connectivity index (χ2n) is 7.56. The summed E-state index contributed by atoms with van der Waals surface area (Å²) in [4.78, 5) is 31.2. The number of hydrogen-bond acceptors (Lipinski definition) is 7. The highest BCUT2D eigenvalue weighted by molar-refractivity contribution is 7.86. The van der Waals surface area contributed by atoms with Gasteiger partial charge in [-0.1, -0.05) is 0 Å². The summed E-state index contributed by atoms with van der Waals surface area (Å²) in [5, 5.41) is 16.6. The summed E-state index contributed by atoms with van der Waals surface area (Å²) in [6.45, 7) is 5.34. The molecule has 1 fully saturated rings. The number of hydroxylamine groups is 2. The molecule has 0 spiro atoms. The average Bonchev–Trinajstić information content (AvgIpc) is 2.83. The van der Waals surface area contributed by atoms with Gasteiger partial charge >= 0.3 is 15.9 Å². The molecular weight excluding hydrogens is 374 g/mol. The van der Waals surface area contributed by atoms with Crippen molar-refractivity contribution in [3.63, 3.8) is 0 Å². The molecule has 2 atom stereocenters. The van der Waals surface area contributed by atoms with Gasteiger partial charge in [0.2, 0.25) is 10.9 Å². The maximum absolute atomic E-state index is 13.9. The topological polar surface area (TPSA) is 158 Å². The van der Waals surface area contributed by atoms with Crippen molar-refractivity contribution in [2.24, 2.45) is 11.1 Å². The molecule has 1 saturated heterocycles. The molecule has 2 rings (SSSR count). The van der Waals surface area contributed by atoms with Crippen molar-refractivity contribution in [1.29, 1.82) is 0 Å². The van der Waals surface area contributed by atoms with Gasteiger partial charge in [-0.3, -0.25) is 4.79 Å². The molecule has 2 amide bonds. The molecule has 152 valence electrons. The van der Waals surface area contributed by atoms with Gasteiger partial charge in [-0.05, 0) is 33.7 Å². The fourth-order valence-corrected chi connectivity index (χ4v) is 5.22. The number of nitrogens with one attached hydrogen (secondary N) is 2. The van der Waals surface area contributed by atoms with E-state index in [1.165, 1.54) is 13.8 Å². The number of H-pyrrole nitrogens is 1. The highest BCUT2D eigenvalue weighted by Crippen LogP contribution is 2.37. The highest BCUT2D eigenvalue weighted by atomic mass is 32.2. The summed E-state index contributed by atoms with van der Waals surface area (Å²) >= 11 is 0. The molecule has 0 radical (unpaired) electrons. The van der Waals surface area contributed by atoms with Crippen molar-refractivity contribution in [2.45, 2.75) is 57.5 Å². The first kappa shape index (κ1) is 21.5. The molecule has 1 aromatic heterocycles. The molecular formula is C16H27N5O5S. The van der Waals surface area contributed by atoms with Crippen LogP contribution < -0.4 is 11.1 Å². The number of hydrogen-bond donors (Lipinski definition) is 3. The smallest absolute Gasteiger partial charge is 0.353 e. The molecule has 1 aliphatic rings. The molecule has 10 nitrogen and oxygen atoms in total. The van der Waals surface area contributed by atoms with Crippen LogP contribution in [0, 0.1) is 17.5 Å². The minimum Gasteiger partial charge on any atom is -0.608 e. The van der Waals surface area contributed by atoms with Gasteiger partial charge in [0.05, 0.1) is 5.41 Å². The Bertz CT molecular complexity index is 811. The van der Waals surface area contributed by atoms with Crippen LogP contribution in [0.1, 0.15) is 45.4 Å². The van der Waals surface area contributed by atoms with Gasteiger partial charge in [-0.25, -0.2) is 9.78 Å². The molecule has 27 heavy (non-hydrogen) atoms. The molecule has 0 bridgehead atoms. The van der Waals surface area contributed by atoms with E-state index in [2.05, 4.69) is 15.3 Å². The van der Waals surface area contributed by atoms with Crippen molar-refractivity contribution in [1.82, 2.24) is 15.3 Å². The number of aryl methyl sites for hydroxylation is 1. The number of nitrogens with two attached hydrogens (primary N) is 1. The Hall–Kier alpha value is -1.82. The lowest BCUT2D eigenvalue weighted by molar-refractivity contribution is -0.709. The van der Waals surface area contributed by atoms with Gasteiger partial charge in [0.15, 0.2) is 0 Å². The maximum Gasteiger partial charge on any atom is 0.353 e. The van der Waals surface area contributed by atoms with E-state index in [9.17, 15) is 23.2 Å². The predicted octanol–water partition coefficient (Wildman–Crippen LogP) is 0.292. The van der Waals surface area contributed by atoms with Crippen molar-refractivity contribution in [2.75, 3.05) is 13.1 Å². The van der Waals surface area contributed by atoms with E-state index in [1.54, 1.807) is 6.92 Å². The number of sulfonamides is 1. The van der Waals surface area contributed by atoms with E-state index < -0.39 is 48.8 Å². The molecule has 0 aromatic carbocycles. The van der Waals surface area contributed by atoms with Gasteiger partial charge in [0.25, 0.3) is 0 Å². The van der Waals surface area contributed by atoms with E-state index in [0.717, 1.165) is 6.20 Å². The number of quaternary nitrogens is 1. The van der Waals surface area contributed by atoms with Crippen molar-refractivity contribution >= 4 is 21.8 Å². The van der Waals surface area contributed by atoms with Crippen LogP contribution in [-0.4, -0.2) is 53.4 Å². The molecule has 4 N–H and O–H groups in total. The molecule has 2 heterocycles. The van der Waals surface area contributed by atoms with E-state index in [-0.39, 0.29) is 12.8 Å². The van der Waals surface area contributed by atoms with Gasteiger partial charge in [-0.2, -0.15) is 12.5 Å². The largest absolute Gasteiger partial charge is 0.608 e. The Morgan fingerprint density at radius 3 is 2.59 bits per heavy atom. The third-order valence-electron chi connectivity index (χ3n) is 4.81. The lowest BCUT2D eigenvalue weighted by Crippen LogP contribution is -2.62. The summed E-state index contributed by atoms with van der Waals surface area (Å²) < 4.78 is 24.5. The molecule has 0 saturated carbocycles. The van der Waals surface area contributed by atoms with Crippen LogP contribution in [0.15, 0.2) is 11.2 Å². The molecule has 1 aromatic rings. The normalized spacial score (nSPS) is 21.3. The number of aromatic nitrogens is 2. The van der Waals surface area contributed by atoms with Gasteiger partial charge < -0.3 is 21.2 Å². The zero-order valence-electron chi connectivity index (χ0n) is 15.8. The van der Waals surface area contributed by atoms with Gasteiger partial charge in [0, 0.05) is 32.0 Å². The van der Waals surface area contributed by atoms with Gasteiger partial charge in [0.1, 0.15) is 11.9 Å². The lowest BCUT2D eigenvalue weighted by Gasteiger charge is -2.46. The summed E-state index contributed by atoms with van der Waals surface area (Å²) in [6.07, 6.45) is 1.72. The third kappa shape index (κ3) is 4.05. The fraction of sp³-hybridized carbons (Fsp3) is 0.688. The van der Waals surface area contributed by atoms with Crippen LogP contribution in [0.3, 0.4) is 0 Å². The first-order valence-electron chi connectivity index (χ1n) is 8.84. The molecule has 11 heteroatoms.